The highest BCUT2D eigenvalue weighted by molar-refractivity contribution is 5.85. The number of nitrogens with two attached hydrogens (primary N) is 1. The molecule has 0 heterocycles. The predicted octanol–water partition coefficient (Wildman–Crippen LogP) is 3.68. The van der Waals surface area contributed by atoms with Crippen molar-refractivity contribution in [2.75, 3.05) is 0 Å². The lowest BCUT2D eigenvalue weighted by Crippen LogP contribution is -2.10. The van der Waals surface area contributed by atoms with Crippen molar-refractivity contribution in [3.63, 3.8) is 0 Å². The molecule has 0 aromatic heterocycles. The second kappa shape index (κ2) is 7.25. The summed E-state index contributed by atoms with van der Waals surface area (Å²) >= 11 is 0. The normalized spacial score (nSPS) is 11.8. The van der Waals surface area contributed by atoms with Gasteiger partial charge in [-0.15, -0.1) is 19.0 Å². The first-order chi connectivity index (χ1) is 7.49. The Bertz CT molecular complexity index is 354. The monoisotopic (exact) mass is 263 g/mol. The van der Waals surface area contributed by atoms with Crippen LogP contribution in [-0.2, 0) is 0 Å². The first-order valence-corrected chi connectivity index (χ1v) is 4.93. The maximum absolute atomic E-state index is 11.9. The third kappa shape index (κ3) is 5.65. The van der Waals surface area contributed by atoms with Gasteiger partial charge >= 0.3 is 6.61 Å². The van der Waals surface area contributed by atoms with Crippen molar-refractivity contribution < 1.29 is 13.5 Å². The second-order valence-electron chi connectivity index (χ2n) is 3.72. The predicted molar refractivity (Wildman–Crippen MR) is 66.7 cm³/mol. The molecule has 0 spiro atoms. The van der Waals surface area contributed by atoms with E-state index in [1.54, 1.807) is 12.1 Å². The van der Waals surface area contributed by atoms with Crippen molar-refractivity contribution in [2.24, 2.45) is 5.73 Å². The van der Waals surface area contributed by atoms with Crippen LogP contribution in [0.1, 0.15) is 24.9 Å². The molecule has 5 heteroatoms. The molecule has 1 aromatic carbocycles. The Morgan fingerprint density at radius 3 is 2.29 bits per heavy atom. The van der Waals surface area contributed by atoms with Crippen LogP contribution in [0.3, 0.4) is 0 Å². The topological polar surface area (TPSA) is 35.2 Å². The van der Waals surface area contributed by atoms with Gasteiger partial charge in [-0.2, -0.15) is 8.78 Å². The average molecular weight is 264 g/mol. The van der Waals surface area contributed by atoms with E-state index < -0.39 is 6.61 Å². The molecule has 96 valence electrons. The van der Waals surface area contributed by atoms with Gasteiger partial charge in [-0.1, -0.05) is 17.7 Å². The molecule has 0 bridgehead atoms. The molecule has 1 atom stereocenters. The smallest absolute Gasteiger partial charge is 0.387 e. The lowest BCUT2D eigenvalue weighted by atomic mass is 10.0. The van der Waals surface area contributed by atoms with Crippen molar-refractivity contribution in [1.82, 2.24) is 0 Å². The molecule has 0 saturated carbocycles. The van der Waals surface area contributed by atoms with Gasteiger partial charge in [0.1, 0.15) is 5.75 Å². The van der Waals surface area contributed by atoms with E-state index in [1.807, 2.05) is 6.92 Å². The van der Waals surface area contributed by atoms with Crippen LogP contribution in [0.5, 0.6) is 5.75 Å². The molecule has 0 aliphatic carbocycles. The van der Waals surface area contributed by atoms with Crippen LogP contribution in [0.4, 0.5) is 8.78 Å². The minimum atomic E-state index is -2.80. The molecular formula is C12H16ClF2NO. The average Bonchev–Trinajstić information content (AvgIpc) is 2.16. The Hall–Kier alpha value is -1.13. The standard InChI is InChI=1S/C12H15F2NO.ClH/c1-8(2)7-11(15)9-3-5-10(6-4-9)16-12(13)14;/h3-6,11-12H,1,7,15H2,2H3;1H/t11-;/m0./s1. The molecular weight excluding hydrogens is 248 g/mol. The molecule has 17 heavy (non-hydrogen) atoms. The van der Waals surface area contributed by atoms with E-state index in [2.05, 4.69) is 11.3 Å². The molecule has 1 rings (SSSR count). The van der Waals surface area contributed by atoms with E-state index >= 15 is 0 Å². The van der Waals surface area contributed by atoms with Crippen LogP contribution in [0.25, 0.3) is 0 Å². The van der Waals surface area contributed by atoms with Gasteiger partial charge in [-0.3, -0.25) is 0 Å². The Morgan fingerprint density at radius 2 is 1.88 bits per heavy atom. The molecule has 0 aliphatic rings. The zero-order valence-corrected chi connectivity index (χ0v) is 10.3. The van der Waals surface area contributed by atoms with E-state index in [1.165, 1.54) is 12.1 Å². The number of ether oxygens (including phenoxy) is 1. The maximum Gasteiger partial charge on any atom is 0.387 e. The number of hydrogen-bond donors (Lipinski definition) is 1. The summed E-state index contributed by atoms with van der Waals surface area (Å²) in [5, 5.41) is 0. The van der Waals surface area contributed by atoms with Crippen molar-refractivity contribution >= 4 is 12.4 Å². The maximum atomic E-state index is 11.9. The first kappa shape index (κ1) is 15.9. The van der Waals surface area contributed by atoms with E-state index in [0.717, 1.165) is 11.1 Å². The van der Waals surface area contributed by atoms with Gasteiger partial charge in [0.15, 0.2) is 0 Å². The van der Waals surface area contributed by atoms with E-state index in [-0.39, 0.29) is 24.2 Å². The van der Waals surface area contributed by atoms with Crippen molar-refractivity contribution in [1.29, 1.82) is 0 Å². The largest absolute Gasteiger partial charge is 0.435 e. The van der Waals surface area contributed by atoms with Crippen molar-refractivity contribution in [3.8, 4) is 5.75 Å². The van der Waals surface area contributed by atoms with Gasteiger partial charge in [-0.05, 0) is 31.0 Å². The van der Waals surface area contributed by atoms with Crippen LogP contribution >= 0.6 is 12.4 Å². The van der Waals surface area contributed by atoms with Crippen LogP contribution in [-0.4, -0.2) is 6.61 Å². The van der Waals surface area contributed by atoms with Crippen LogP contribution in [0.15, 0.2) is 36.4 Å². The summed E-state index contributed by atoms with van der Waals surface area (Å²) in [7, 11) is 0. The molecule has 0 radical (unpaired) electrons. The summed E-state index contributed by atoms with van der Waals surface area (Å²) in [6.45, 7) is 2.87. The fourth-order valence-electron chi connectivity index (χ4n) is 1.39. The zero-order valence-electron chi connectivity index (χ0n) is 9.53. The lowest BCUT2D eigenvalue weighted by molar-refractivity contribution is -0.0498. The fourth-order valence-corrected chi connectivity index (χ4v) is 1.39. The van der Waals surface area contributed by atoms with Crippen molar-refractivity contribution in [2.45, 2.75) is 26.0 Å². The third-order valence-electron chi connectivity index (χ3n) is 2.10. The third-order valence-corrected chi connectivity index (χ3v) is 2.10. The van der Waals surface area contributed by atoms with E-state index in [4.69, 9.17) is 5.73 Å². The summed E-state index contributed by atoms with van der Waals surface area (Å²) in [5.74, 6) is 0.140. The summed E-state index contributed by atoms with van der Waals surface area (Å²) in [4.78, 5) is 0. The van der Waals surface area contributed by atoms with E-state index in [9.17, 15) is 8.78 Å². The molecule has 2 nitrogen and oxygen atoms in total. The summed E-state index contributed by atoms with van der Waals surface area (Å²) in [6, 6.07) is 6.19. The highest BCUT2D eigenvalue weighted by Crippen LogP contribution is 2.21. The molecule has 0 unspecified atom stereocenters. The number of benzene rings is 1. The molecule has 1 aromatic rings. The SMILES string of the molecule is C=C(C)C[C@H](N)c1ccc(OC(F)F)cc1.Cl. The first-order valence-electron chi connectivity index (χ1n) is 4.93. The van der Waals surface area contributed by atoms with Gasteiger partial charge in [0.2, 0.25) is 0 Å². The zero-order chi connectivity index (χ0) is 12.1. The van der Waals surface area contributed by atoms with Gasteiger partial charge in [0.05, 0.1) is 0 Å². The van der Waals surface area contributed by atoms with Crippen LogP contribution < -0.4 is 10.5 Å². The van der Waals surface area contributed by atoms with Gasteiger partial charge in [0.25, 0.3) is 0 Å². The summed E-state index contributed by atoms with van der Waals surface area (Å²) in [5.41, 5.74) is 7.76. The molecule has 2 N–H and O–H groups in total. The number of hydrogen-bond acceptors (Lipinski definition) is 2. The Labute approximate surface area is 106 Å². The lowest BCUT2D eigenvalue weighted by Gasteiger charge is -2.12. The molecule has 0 fully saturated rings. The van der Waals surface area contributed by atoms with Crippen LogP contribution in [0.2, 0.25) is 0 Å². The Balaban J connectivity index is 0.00000256. The Morgan fingerprint density at radius 1 is 1.35 bits per heavy atom. The van der Waals surface area contributed by atoms with Crippen molar-refractivity contribution in [3.05, 3.63) is 42.0 Å². The number of alkyl halides is 2. The molecule has 0 amide bonds. The Kier molecular flexibility index (Phi) is 6.76. The minimum Gasteiger partial charge on any atom is -0.435 e. The highest BCUT2D eigenvalue weighted by Gasteiger charge is 2.08. The van der Waals surface area contributed by atoms with E-state index in [0.29, 0.717) is 6.42 Å². The van der Waals surface area contributed by atoms with Crippen LogP contribution in [0, 0.1) is 0 Å². The molecule has 0 saturated heterocycles. The highest BCUT2D eigenvalue weighted by atomic mass is 35.5. The molecule has 0 aliphatic heterocycles. The minimum absolute atomic E-state index is 0. The van der Waals surface area contributed by atoms with Gasteiger partial charge in [-0.25, -0.2) is 0 Å². The number of halogens is 3. The summed E-state index contributed by atoms with van der Waals surface area (Å²) < 4.78 is 28.0. The second-order valence-corrected chi connectivity index (χ2v) is 3.72. The van der Waals surface area contributed by atoms with Gasteiger partial charge < -0.3 is 10.5 Å². The van der Waals surface area contributed by atoms with Gasteiger partial charge in [0, 0.05) is 6.04 Å². The quantitative estimate of drug-likeness (QED) is 0.823. The fraction of sp³-hybridized carbons (Fsp3) is 0.333. The number of rotatable bonds is 5. The summed E-state index contributed by atoms with van der Waals surface area (Å²) in [6.07, 6.45) is 0.676.